The maximum Gasteiger partial charge on any atom is 0.408 e. The Morgan fingerprint density at radius 2 is 1.27 bits per heavy atom. The number of hydrogen-bond donors (Lipinski definition) is 1. The number of esters is 2. The molecule has 1 N–H and O–H groups in total. The molecule has 10 nitrogen and oxygen atoms in total. The van der Waals surface area contributed by atoms with Gasteiger partial charge >= 0.3 is 18.0 Å². The van der Waals surface area contributed by atoms with Crippen molar-refractivity contribution in [2.75, 3.05) is 53.6 Å². The van der Waals surface area contributed by atoms with Crippen LogP contribution < -0.4 is 27.2 Å². The van der Waals surface area contributed by atoms with Gasteiger partial charge in [-0.15, -0.1) is 0 Å². The highest BCUT2D eigenvalue weighted by molar-refractivity contribution is 5.71. The number of amides is 1. The number of nitrogens with zero attached hydrogens (tertiary/aromatic N) is 1. The summed E-state index contributed by atoms with van der Waals surface area (Å²) in [6, 6.07) is 15.8. The lowest BCUT2D eigenvalue weighted by Crippen LogP contribution is -3.00. The van der Waals surface area contributed by atoms with E-state index in [1.165, 1.54) is 25.3 Å². The summed E-state index contributed by atoms with van der Waals surface area (Å²) in [4.78, 5) is 35.3. The molecule has 250 valence electrons. The van der Waals surface area contributed by atoms with Crippen LogP contribution in [0.3, 0.4) is 0 Å². The minimum absolute atomic E-state index is 0. The van der Waals surface area contributed by atoms with Gasteiger partial charge in [0.25, 0.3) is 0 Å². The molecule has 2 aromatic rings. The van der Waals surface area contributed by atoms with E-state index >= 15 is 0 Å². The first-order chi connectivity index (χ1) is 21.0. The standard InChI is InChI=1S/C34H48N2O8.ClH/c1-34(2,3)44-33(39)35-28-11-8-22-36(23-28,20-6-9-26-12-16-29(17-13-26)42-24-31(37)40-4)21-7-10-27-14-18-30(19-15-27)43-25-32(38)41-5;/h12-19,28H,6-11,20-25H2,1-5H3;1H. The molecule has 45 heavy (non-hydrogen) atoms. The van der Waals surface area contributed by atoms with Crippen LogP contribution >= 0.6 is 0 Å². The number of halogens is 1. The summed E-state index contributed by atoms with van der Waals surface area (Å²) in [5.41, 5.74) is 1.89. The van der Waals surface area contributed by atoms with Crippen molar-refractivity contribution in [1.82, 2.24) is 5.32 Å². The third kappa shape index (κ3) is 14.0. The zero-order valence-corrected chi connectivity index (χ0v) is 28.0. The maximum absolute atomic E-state index is 12.6. The van der Waals surface area contributed by atoms with Gasteiger partial charge in [-0.05, 0) is 81.8 Å². The molecule has 0 saturated carbocycles. The van der Waals surface area contributed by atoms with Gasteiger partial charge in [0.1, 0.15) is 17.1 Å². The lowest BCUT2D eigenvalue weighted by molar-refractivity contribution is -0.933. The fourth-order valence-electron chi connectivity index (χ4n) is 5.58. The summed E-state index contributed by atoms with van der Waals surface area (Å²) in [5, 5.41) is 3.14. The van der Waals surface area contributed by atoms with Crippen LogP contribution in [0, 0.1) is 0 Å². The van der Waals surface area contributed by atoms with Crippen LogP contribution in [-0.2, 0) is 36.6 Å². The number of carbonyl (C=O) groups is 3. The van der Waals surface area contributed by atoms with Crippen LogP contribution in [-0.4, -0.2) is 87.8 Å². The molecule has 3 rings (SSSR count). The fourth-order valence-corrected chi connectivity index (χ4v) is 5.58. The van der Waals surface area contributed by atoms with E-state index in [0.29, 0.717) is 11.5 Å². The predicted molar refractivity (Wildman–Crippen MR) is 167 cm³/mol. The van der Waals surface area contributed by atoms with Crippen LogP contribution in [0.5, 0.6) is 11.5 Å². The van der Waals surface area contributed by atoms with Gasteiger partial charge < -0.3 is 45.9 Å². The second-order valence-corrected chi connectivity index (χ2v) is 12.4. The normalized spacial score (nSPS) is 15.6. The number of methoxy groups -OCH3 is 2. The van der Waals surface area contributed by atoms with Crippen LogP contribution in [0.4, 0.5) is 4.79 Å². The highest BCUT2D eigenvalue weighted by Gasteiger charge is 2.35. The number of likely N-dealkylation sites (tertiary alicyclic amines) is 1. The Bertz CT molecular complexity index is 1130. The van der Waals surface area contributed by atoms with Crippen LogP contribution in [0.2, 0.25) is 0 Å². The molecule has 11 heteroatoms. The first-order valence-electron chi connectivity index (χ1n) is 15.4. The number of piperidine rings is 1. The van der Waals surface area contributed by atoms with Gasteiger partial charge in [0.2, 0.25) is 0 Å². The molecule has 0 radical (unpaired) electrons. The monoisotopic (exact) mass is 648 g/mol. The van der Waals surface area contributed by atoms with Crippen molar-refractivity contribution in [2.45, 2.75) is 70.9 Å². The number of nitrogens with one attached hydrogen (secondary N) is 1. The highest BCUT2D eigenvalue weighted by atomic mass is 35.5. The second kappa shape index (κ2) is 18.5. The number of alkyl carbamates (subject to hydrolysis) is 1. The topological polar surface area (TPSA) is 109 Å². The van der Waals surface area contributed by atoms with Gasteiger partial charge in [-0.25, -0.2) is 14.4 Å². The highest BCUT2D eigenvalue weighted by Crippen LogP contribution is 2.24. The number of aryl methyl sites for hydroxylation is 2. The van der Waals surface area contributed by atoms with E-state index in [2.05, 4.69) is 14.8 Å². The lowest BCUT2D eigenvalue weighted by atomic mass is 9.99. The van der Waals surface area contributed by atoms with Gasteiger partial charge in [-0.2, -0.15) is 0 Å². The molecule has 1 heterocycles. The number of quaternary nitrogens is 1. The minimum atomic E-state index is -0.537. The Morgan fingerprint density at radius 3 is 1.69 bits per heavy atom. The third-order valence-corrected chi connectivity index (χ3v) is 7.72. The molecule has 0 aromatic heterocycles. The largest absolute Gasteiger partial charge is 1.00 e. The van der Waals surface area contributed by atoms with E-state index in [-0.39, 0.29) is 37.8 Å². The van der Waals surface area contributed by atoms with Crippen molar-refractivity contribution in [3.63, 3.8) is 0 Å². The van der Waals surface area contributed by atoms with Gasteiger partial charge in [-0.1, -0.05) is 24.3 Å². The van der Waals surface area contributed by atoms with Crippen molar-refractivity contribution in [3.8, 4) is 11.5 Å². The molecule has 0 aliphatic carbocycles. The van der Waals surface area contributed by atoms with E-state index in [9.17, 15) is 14.4 Å². The molecule has 1 aliphatic rings. The Kier molecular flexibility index (Phi) is 15.5. The number of benzene rings is 2. The summed E-state index contributed by atoms with van der Waals surface area (Å²) in [6.45, 7) is 9.38. The number of rotatable bonds is 15. The van der Waals surface area contributed by atoms with Gasteiger partial charge in [0, 0.05) is 12.8 Å². The van der Waals surface area contributed by atoms with Crippen LogP contribution in [0.25, 0.3) is 0 Å². The first-order valence-corrected chi connectivity index (χ1v) is 15.4. The van der Waals surface area contributed by atoms with E-state index in [1.54, 1.807) is 0 Å². The van der Waals surface area contributed by atoms with Crippen molar-refractivity contribution in [2.24, 2.45) is 0 Å². The SMILES string of the molecule is COC(=O)COc1ccc(CCC[N+]2(CCCc3ccc(OCC(=O)OC)cc3)CCCC(NC(=O)OC(C)(C)C)C2)cc1.[Cl-]. The molecule has 0 spiro atoms. The Morgan fingerprint density at radius 1 is 0.800 bits per heavy atom. The Labute approximate surface area is 273 Å². The van der Waals surface area contributed by atoms with Gasteiger partial charge in [0.05, 0.1) is 46.4 Å². The molecule has 1 aliphatic heterocycles. The molecular weight excluding hydrogens is 600 g/mol. The second-order valence-electron chi connectivity index (χ2n) is 12.4. The summed E-state index contributed by atoms with van der Waals surface area (Å²) < 4.78 is 26.7. The zero-order valence-electron chi connectivity index (χ0n) is 27.3. The van der Waals surface area contributed by atoms with Gasteiger partial charge in [0.15, 0.2) is 13.2 Å². The smallest absolute Gasteiger partial charge is 0.408 e. The zero-order chi connectivity index (χ0) is 32.0. The maximum atomic E-state index is 12.6. The lowest BCUT2D eigenvalue weighted by Gasteiger charge is -2.45. The van der Waals surface area contributed by atoms with Crippen LogP contribution in [0.1, 0.15) is 57.6 Å². The average Bonchev–Trinajstić information content (AvgIpc) is 2.99. The first kappa shape index (κ1) is 37.7. The molecule has 1 saturated heterocycles. The number of carbonyl (C=O) groups excluding carboxylic acids is 3. The van der Waals surface area contributed by atoms with Crippen molar-refractivity contribution < 1.29 is 55.0 Å². The molecule has 1 amide bonds. The van der Waals surface area contributed by atoms with Crippen molar-refractivity contribution in [1.29, 1.82) is 0 Å². The summed E-state index contributed by atoms with van der Waals surface area (Å²) in [5.74, 6) is 0.451. The Balaban J connectivity index is 0.00000705. The molecule has 2 aromatic carbocycles. The third-order valence-electron chi connectivity index (χ3n) is 7.72. The summed E-state index contributed by atoms with van der Waals surface area (Å²) in [6.07, 6.45) is 5.49. The van der Waals surface area contributed by atoms with E-state index in [0.717, 1.165) is 69.2 Å². The van der Waals surface area contributed by atoms with Crippen LogP contribution in [0.15, 0.2) is 48.5 Å². The number of ether oxygens (including phenoxy) is 5. The summed E-state index contributed by atoms with van der Waals surface area (Å²) in [7, 11) is 2.68. The van der Waals surface area contributed by atoms with Crippen molar-refractivity contribution >= 4 is 18.0 Å². The molecular formula is C34H49ClN2O8. The minimum Gasteiger partial charge on any atom is -1.00 e. The van der Waals surface area contributed by atoms with E-state index in [1.807, 2.05) is 69.3 Å². The van der Waals surface area contributed by atoms with E-state index in [4.69, 9.17) is 14.2 Å². The number of hydrogen-bond acceptors (Lipinski definition) is 8. The molecule has 0 bridgehead atoms. The molecule has 1 atom stereocenters. The van der Waals surface area contributed by atoms with E-state index < -0.39 is 17.5 Å². The molecule has 1 fully saturated rings. The average molecular weight is 649 g/mol. The summed E-state index contributed by atoms with van der Waals surface area (Å²) >= 11 is 0. The Hall–Kier alpha value is -3.50. The predicted octanol–water partition coefficient (Wildman–Crippen LogP) is 1.86. The fraction of sp³-hybridized carbons (Fsp3) is 0.559. The van der Waals surface area contributed by atoms with Gasteiger partial charge in [-0.3, -0.25) is 0 Å². The molecule has 1 unspecified atom stereocenters. The van der Waals surface area contributed by atoms with Crippen molar-refractivity contribution in [3.05, 3.63) is 59.7 Å². The quantitative estimate of drug-likeness (QED) is 0.177.